The molecule has 1 aromatic carbocycles. The van der Waals surface area contributed by atoms with Gasteiger partial charge in [0, 0.05) is 24.5 Å². The van der Waals surface area contributed by atoms with Gasteiger partial charge in [0.05, 0.1) is 6.61 Å². The van der Waals surface area contributed by atoms with E-state index in [4.69, 9.17) is 9.52 Å². The van der Waals surface area contributed by atoms with Crippen molar-refractivity contribution < 1.29 is 14.3 Å². The summed E-state index contributed by atoms with van der Waals surface area (Å²) in [6.07, 6.45) is 0.429. The first-order chi connectivity index (χ1) is 10.1. The summed E-state index contributed by atoms with van der Waals surface area (Å²) >= 11 is 0. The van der Waals surface area contributed by atoms with Gasteiger partial charge in [-0.05, 0) is 30.7 Å². The lowest BCUT2D eigenvalue weighted by Crippen LogP contribution is -2.12. The smallest absolute Gasteiger partial charge is 0.322 e. The molecule has 6 nitrogen and oxygen atoms in total. The number of benzene rings is 1. The number of carbonyl (C=O) groups is 1. The van der Waals surface area contributed by atoms with Gasteiger partial charge in [0.1, 0.15) is 0 Å². The highest BCUT2D eigenvalue weighted by atomic mass is 16.4. The third-order valence-electron chi connectivity index (χ3n) is 2.69. The predicted molar refractivity (Wildman–Crippen MR) is 76.7 cm³/mol. The molecular weight excluding hydrogens is 270 g/mol. The predicted octanol–water partition coefficient (Wildman–Crippen LogP) is 1.67. The SMILES string of the molecule is Cc1nnc(NC(=O)c2ccc(C#CCCO)c(C)c2)o1. The van der Waals surface area contributed by atoms with E-state index in [0.717, 1.165) is 11.1 Å². The van der Waals surface area contributed by atoms with Crippen molar-refractivity contribution in [2.75, 3.05) is 11.9 Å². The largest absolute Gasteiger partial charge is 0.408 e. The second-order valence-corrected chi connectivity index (χ2v) is 4.39. The van der Waals surface area contributed by atoms with E-state index < -0.39 is 0 Å². The number of nitrogens with zero attached hydrogens (tertiary/aromatic N) is 2. The lowest BCUT2D eigenvalue weighted by Gasteiger charge is -2.03. The fraction of sp³-hybridized carbons (Fsp3) is 0.267. The number of anilines is 1. The minimum Gasteiger partial charge on any atom is -0.408 e. The normalized spacial score (nSPS) is 9.86. The van der Waals surface area contributed by atoms with Crippen LogP contribution >= 0.6 is 0 Å². The Kier molecular flexibility index (Phi) is 4.69. The van der Waals surface area contributed by atoms with Crippen LogP contribution in [0.4, 0.5) is 6.01 Å². The highest BCUT2D eigenvalue weighted by molar-refractivity contribution is 6.03. The van der Waals surface area contributed by atoms with Gasteiger partial charge in [0.15, 0.2) is 0 Å². The Morgan fingerprint density at radius 1 is 1.38 bits per heavy atom. The van der Waals surface area contributed by atoms with E-state index in [2.05, 4.69) is 27.4 Å². The van der Waals surface area contributed by atoms with Crippen molar-refractivity contribution >= 4 is 11.9 Å². The first kappa shape index (κ1) is 14.8. The topological polar surface area (TPSA) is 88.2 Å². The number of nitrogens with one attached hydrogen (secondary N) is 1. The number of carbonyl (C=O) groups excluding carboxylic acids is 1. The number of aliphatic hydroxyl groups excluding tert-OH is 1. The van der Waals surface area contributed by atoms with Gasteiger partial charge in [0.2, 0.25) is 5.89 Å². The molecule has 0 saturated carbocycles. The molecule has 0 saturated heterocycles. The molecule has 0 aliphatic heterocycles. The zero-order valence-electron chi connectivity index (χ0n) is 11.8. The fourth-order valence-electron chi connectivity index (χ4n) is 1.68. The van der Waals surface area contributed by atoms with E-state index >= 15 is 0 Å². The Bertz CT molecular complexity index is 710. The monoisotopic (exact) mass is 285 g/mol. The number of aryl methyl sites for hydroxylation is 2. The van der Waals surface area contributed by atoms with Crippen LogP contribution in [0.1, 0.15) is 33.8 Å². The van der Waals surface area contributed by atoms with Crippen LogP contribution in [0.5, 0.6) is 0 Å². The summed E-state index contributed by atoms with van der Waals surface area (Å²) < 4.78 is 5.09. The van der Waals surface area contributed by atoms with Gasteiger partial charge >= 0.3 is 6.01 Å². The van der Waals surface area contributed by atoms with Crippen molar-refractivity contribution in [3.8, 4) is 11.8 Å². The summed E-state index contributed by atoms with van der Waals surface area (Å²) in [5.74, 6) is 5.86. The first-order valence-electron chi connectivity index (χ1n) is 6.42. The molecule has 2 aromatic rings. The maximum atomic E-state index is 12.0. The average molecular weight is 285 g/mol. The van der Waals surface area contributed by atoms with Crippen molar-refractivity contribution in [2.45, 2.75) is 20.3 Å². The molecule has 1 heterocycles. The molecule has 0 unspecified atom stereocenters. The van der Waals surface area contributed by atoms with Crippen LogP contribution in [0.25, 0.3) is 0 Å². The summed E-state index contributed by atoms with van der Waals surface area (Å²) in [4.78, 5) is 12.0. The first-order valence-corrected chi connectivity index (χ1v) is 6.42. The lowest BCUT2D eigenvalue weighted by molar-refractivity contribution is 0.102. The highest BCUT2D eigenvalue weighted by Gasteiger charge is 2.11. The third-order valence-corrected chi connectivity index (χ3v) is 2.69. The average Bonchev–Trinajstić information content (AvgIpc) is 2.86. The number of hydrogen-bond donors (Lipinski definition) is 2. The molecule has 6 heteroatoms. The Balaban J connectivity index is 2.12. The molecule has 2 N–H and O–H groups in total. The molecule has 21 heavy (non-hydrogen) atoms. The Morgan fingerprint density at radius 3 is 2.81 bits per heavy atom. The second kappa shape index (κ2) is 6.68. The van der Waals surface area contributed by atoms with Crippen molar-refractivity contribution in [3.63, 3.8) is 0 Å². The summed E-state index contributed by atoms with van der Waals surface area (Å²) in [5.41, 5.74) is 2.19. The van der Waals surface area contributed by atoms with E-state index in [0.29, 0.717) is 17.9 Å². The quantitative estimate of drug-likeness (QED) is 0.837. The second-order valence-electron chi connectivity index (χ2n) is 4.39. The van der Waals surface area contributed by atoms with Crippen molar-refractivity contribution in [1.29, 1.82) is 0 Å². The van der Waals surface area contributed by atoms with Gasteiger partial charge in [0.25, 0.3) is 5.91 Å². The zero-order valence-corrected chi connectivity index (χ0v) is 11.8. The van der Waals surface area contributed by atoms with E-state index in [1.165, 1.54) is 0 Å². The van der Waals surface area contributed by atoms with E-state index in [1.807, 2.05) is 6.92 Å². The number of amides is 1. The lowest BCUT2D eigenvalue weighted by atomic mass is 10.0. The third kappa shape index (κ3) is 3.91. The molecule has 1 amide bonds. The number of rotatable bonds is 3. The van der Waals surface area contributed by atoms with Crippen molar-refractivity contribution in [2.24, 2.45) is 0 Å². The van der Waals surface area contributed by atoms with Gasteiger partial charge < -0.3 is 9.52 Å². The molecular formula is C15H15N3O3. The standard InChI is InChI=1S/C15H15N3O3/c1-10-9-13(7-6-12(10)5-3-4-8-19)14(20)16-15-18-17-11(2)21-15/h6-7,9,19H,4,8H2,1-2H3,(H,16,18,20). The Labute approximate surface area is 122 Å². The van der Waals surface area contributed by atoms with Crippen LogP contribution in [0, 0.1) is 25.7 Å². The van der Waals surface area contributed by atoms with Crippen LogP contribution in [0.3, 0.4) is 0 Å². The minimum atomic E-state index is -0.323. The van der Waals surface area contributed by atoms with Crippen molar-refractivity contribution in [3.05, 3.63) is 40.8 Å². The highest BCUT2D eigenvalue weighted by Crippen LogP contribution is 2.12. The van der Waals surface area contributed by atoms with E-state index in [1.54, 1.807) is 25.1 Å². The molecule has 0 bridgehead atoms. The Morgan fingerprint density at radius 2 is 2.19 bits per heavy atom. The minimum absolute atomic E-state index is 0.0378. The van der Waals surface area contributed by atoms with Crippen LogP contribution in [-0.2, 0) is 0 Å². The molecule has 108 valence electrons. The van der Waals surface area contributed by atoms with Crippen LogP contribution in [0.2, 0.25) is 0 Å². The maximum Gasteiger partial charge on any atom is 0.322 e. The van der Waals surface area contributed by atoms with Crippen LogP contribution in [0.15, 0.2) is 22.6 Å². The molecule has 0 fully saturated rings. The molecule has 0 aliphatic carbocycles. The van der Waals surface area contributed by atoms with Crippen LogP contribution < -0.4 is 5.32 Å². The van der Waals surface area contributed by atoms with Gasteiger partial charge in [-0.15, -0.1) is 5.10 Å². The van der Waals surface area contributed by atoms with Crippen LogP contribution in [-0.4, -0.2) is 27.8 Å². The Hall–Kier alpha value is -2.65. The van der Waals surface area contributed by atoms with Gasteiger partial charge in [-0.25, -0.2) is 0 Å². The molecule has 0 spiro atoms. The summed E-state index contributed by atoms with van der Waals surface area (Å²) in [6, 6.07) is 5.26. The molecule has 1 aromatic heterocycles. The number of hydrogen-bond acceptors (Lipinski definition) is 5. The molecule has 0 atom stereocenters. The molecule has 0 aliphatic rings. The van der Waals surface area contributed by atoms with Gasteiger partial charge in [-0.3, -0.25) is 10.1 Å². The fourth-order valence-corrected chi connectivity index (χ4v) is 1.68. The van der Waals surface area contributed by atoms with Crippen molar-refractivity contribution in [1.82, 2.24) is 10.2 Å². The van der Waals surface area contributed by atoms with E-state index in [-0.39, 0.29) is 18.5 Å². The zero-order chi connectivity index (χ0) is 15.2. The summed E-state index contributed by atoms with van der Waals surface area (Å²) in [7, 11) is 0. The van der Waals surface area contributed by atoms with E-state index in [9.17, 15) is 4.79 Å². The maximum absolute atomic E-state index is 12.0. The molecule has 2 rings (SSSR count). The van der Waals surface area contributed by atoms with Gasteiger partial charge in [-0.2, -0.15) is 0 Å². The molecule has 0 radical (unpaired) electrons. The van der Waals surface area contributed by atoms with Gasteiger partial charge in [-0.1, -0.05) is 16.9 Å². The summed E-state index contributed by atoms with van der Waals surface area (Å²) in [6.45, 7) is 3.55. The number of aliphatic hydroxyl groups is 1. The number of aromatic nitrogens is 2. The summed E-state index contributed by atoms with van der Waals surface area (Å²) in [5, 5.41) is 18.6.